The van der Waals surface area contributed by atoms with Gasteiger partial charge in [0.1, 0.15) is 5.76 Å². The molecular formula is C19H28O2. The number of Topliss-reactive ketones (excluding diaryl/α,β-unsaturated/α-hetero) is 1. The SMILES string of the molecule is C=C(OC(C)CC)c1ccc(C(=O)CCC(C)(C)C)cc1. The molecule has 1 unspecified atom stereocenters. The Balaban J connectivity index is 2.65. The zero-order chi connectivity index (χ0) is 16.0. The van der Waals surface area contributed by atoms with Gasteiger partial charge in [0.05, 0.1) is 6.10 Å². The van der Waals surface area contributed by atoms with E-state index in [2.05, 4.69) is 34.3 Å². The number of hydrogen-bond acceptors (Lipinski definition) is 2. The summed E-state index contributed by atoms with van der Waals surface area (Å²) in [7, 11) is 0. The molecule has 2 heteroatoms. The number of benzene rings is 1. The number of carbonyl (C=O) groups is 1. The highest BCUT2D eigenvalue weighted by Crippen LogP contribution is 2.23. The van der Waals surface area contributed by atoms with E-state index in [9.17, 15) is 4.79 Å². The predicted octanol–water partition coefficient (Wildman–Crippen LogP) is 5.48. The van der Waals surface area contributed by atoms with Gasteiger partial charge in [-0.25, -0.2) is 0 Å². The Kier molecular flexibility index (Phi) is 6.19. The van der Waals surface area contributed by atoms with Crippen molar-refractivity contribution in [2.24, 2.45) is 5.41 Å². The minimum Gasteiger partial charge on any atom is -0.491 e. The Morgan fingerprint density at radius 2 is 1.71 bits per heavy atom. The maximum absolute atomic E-state index is 12.1. The van der Waals surface area contributed by atoms with Gasteiger partial charge < -0.3 is 4.74 Å². The topological polar surface area (TPSA) is 26.3 Å². The van der Waals surface area contributed by atoms with Crippen LogP contribution in [0.25, 0.3) is 5.76 Å². The lowest BCUT2D eigenvalue weighted by Gasteiger charge is -2.17. The van der Waals surface area contributed by atoms with Gasteiger partial charge in [0.25, 0.3) is 0 Å². The molecule has 0 aliphatic heterocycles. The number of ether oxygens (including phenoxy) is 1. The van der Waals surface area contributed by atoms with E-state index in [1.54, 1.807) is 0 Å². The molecular weight excluding hydrogens is 260 g/mol. The molecule has 0 saturated heterocycles. The van der Waals surface area contributed by atoms with E-state index in [0.717, 1.165) is 24.0 Å². The van der Waals surface area contributed by atoms with Crippen LogP contribution in [0.5, 0.6) is 0 Å². The van der Waals surface area contributed by atoms with Crippen LogP contribution in [-0.2, 0) is 4.74 Å². The highest BCUT2D eigenvalue weighted by atomic mass is 16.5. The number of ketones is 1. The Bertz CT molecular complexity index is 477. The first-order valence-corrected chi connectivity index (χ1v) is 7.72. The molecule has 0 aromatic heterocycles. The first-order chi connectivity index (χ1) is 9.73. The lowest BCUT2D eigenvalue weighted by molar-refractivity contribution is 0.0966. The van der Waals surface area contributed by atoms with E-state index in [1.165, 1.54) is 0 Å². The second kappa shape index (κ2) is 7.44. The van der Waals surface area contributed by atoms with Crippen molar-refractivity contribution in [3.63, 3.8) is 0 Å². The molecule has 1 atom stereocenters. The molecule has 21 heavy (non-hydrogen) atoms. The second-order valence-electron chi connectivity index (χ2n) is 6.82. The van der Waals surface area contributed by atoms with Crippen molar-refractivity contribution >= 4 is 11.5 Å². The Morgan fingerprint density at radius 1 is 1.19 bits per heavy atom. The van der Waals surface area contributed by atoms with Crippen LogP contribution in [0.2, 0.25) is 0 Å². The summed E-state index contributed by atoms with van der Waals surface area (Å²) in [6.07, 6.45) is 2.60. The molecule has 1 aromatic carbocycles. The second-order valence-corrected chi connectivity index (χ2v) is 6.82. The Hall–Kier alpha value is -1.57. The summed E-state index contributed by atoms with van der Waals surface area (Å²) in [6, 6.07) is 7.56. The normalized spacial score (nSPS) is 12.8. The van der Waals surface area contributed by atoms with Gasteiger partial charge in [-0.2, -0.15) is 0 Å². The van der Waals surface area contributed by atoms with Crippen molar-refractivity contribution in [2.75, 3.05) is 0 Å². The molecule has 0 aliphatic carbocycles. The van der Waals surface area contributed by atoms with Gasteiger partial charge in [-0.05, 0) is 25.2 Å². The molecule has 0 N–H and O–H groups in total. The summed E-state index contributed by atoms with van der Waals surface area (Å²) in [5.74, 6) is 0.864. The Morgan fingerprint density at radius 3 is 2.19 bits per heavy atom. The van der Waals surface area contributed by atoms with Crippen LogP contribution in [0.3, 0.4) is 0 Å². The summed E-state index contributed by atoms with van der Waals surface area (Å²) < 4.78 is 5.70. The third-order valence-electron chi connectivity index (χ3n) is 3.55. The van der Waals surface area contributed by atoms with Crippen LogP contribution in [0, 0.1) is 5.41 Å². The number of carbonyl (C=O) groups excluding carboxylic acids is 1. The van der Waals surface area contributed by atoms with Crippen molar-refractivity contribution < 1.29 is 9.53 Å². The lowest BCUT2D eigenvalue weighted by Crippen LogP contribution is -2.09. The Labute approximate surface area is 129 Å². The fraction of sp³-hybridized carbons (Fsp3) is 0.526. The van der Waals surface area contributed by atoms with Gasteiger partial charge in [0, 0.05) is 17.5 Å². The fourth-order valence-corrected chi connectivity index (χ4v) is 1.87. The zero-order valence-electron chi connectivity index (χ0n) is 14.0. The molecule has 0 aliphatic rings. The van der Waals surface area contributed by atoms with Crippen LogP contribution in [0.1, 0.15) is 69.8 Å². The summed E-state index contributed by atoms with van der Waals surface area (Å²) in [4.78, 5) is 12.1. The van der Waals surface area contributed by atoms with Gasteiger partial charge in [-0.3, -0.25) is 4.79 Å². The van der Waals surface area contributed by atoms with Crippen molar-refractivity contribution in [1.29, 1.82) is 0 Å². The molecule has 0 radical (unpaired) electrons. The molecule has 0 fully saturated rings. The lowest BCUT2D eigenvalue weighted by atomic mass is 9.88. The summed E-state index contributed by atoms with van der Waals surface area (Å²) in [6.45, 7) is 14.5. The summed E-state index contributed by atoms with van der Waals surface area (Å²) >= 11 is 0. The van der Waals surface area contributed by atoms with Crippen LogP contribution >= 0.6 is 0 Å². The molecule has 2 nitrogen and oxygen atoms in total. The van der Waals surface area contributed by atoms with Crippen molar-refractivity contribution in [1.82, 2.24) is 0 Å². The monoisotopic (exact) mass is 288 g/mol. The summed E-state index contributed by atoms with van der Waals surface area (Å²) in [5, 5.41) is 0. The minimum atomic E-state index is 0.158. The van der Waals surface area contributed by atoms with Crippen molar-refractivity contribution in [3.8, 4) is 0 Å². The van der Waals surface area contributed by atoms with Gasteiger partial charge in [-0.15, -0.1) is 0 Å². The zero-order valence-corrected chi connectivity index (χ0v) is 14.0. The van der Waals surface area contributed by atoms with E-state index in [0.29, 0.717) is 12.2 Å². The summed E-state index contributed by atoms with van der Waals surface area (Å²) in [5.41, 5.74) is 1.88. The maximum Gasteiger partial charge on any atom is 0.162 e. The van der Waals surface area contributed by atoms with E-state index in [-0.39, 0.29) is 17.3 Å². The van der Waals surface area contributed by atoms with E-state index in [1.807, 2.05) is 31.2 Å². The van der Waals surface area contributed by atoms with Crippen molar-refractivity contribution in [3.05, 3.63) is 42.0 Å². The number of hydrogen-bond donors (Lipinski definition) is 0. The van der Waals surface area contributed by atoms with Crippen LogP contribution in [0.4, 0.5) is 0 Å². The smallest absolute Gasteiger partial charge is 0.162 e. The third kappa shape index (κ3) is 6.16. The van der Waals surface area contributed by atoms with E-state index < -0.39 is 0 Å². The first-order valence-electron chi connectivity index (χ1n) is 7.72. The predicted molar refractivity (Wildman–Crippen MR) is 89.3 cm³/mol. The molecule has 0 saturated carbocycles. The average molecular weight is 288 g/mol. The van der Waals surface area contributed by atoms with Crippen molar-refractivity contribution in [2.45, 2.75) is 60.0 Å². The highest BCUT2D eigenvalue weighted by Gasteiger charge is 2.14. The van der Waals surface area contributed by atoms with Gasteiger partial charge in [0.15, 0.2) is 5.78 Å². The molecule has 1 aromatic rings. The fourth-order valence-electron chi connectivity index (χ4n) is 1.87. The first kappa shape index (κ1) is 17.5. The third-order valence-corrected chi connectivity index (χ3v) is 3.55. The molecule has 0 bridgehead atoms. The highest BCUT2D eigenvalue weighted by molar-refractivity contribution is 5.96. The van der Waals surface area contributed by atoms with Crippen LogP contribution in [-0.4, -0.2) is 11.9 Å². The van der Waals surface area contributed by atoms with Gasteiger partial charge >= 0.3 is 0 Å². The average Bonchev–Trinajstić information content (AvgIpc) is 2.43. The minimum absolute atomic E-state index is 0.158. The molecule has 116 valence electrons. The quantitative estimate of drug-likeness (QED) is 0.490. The van der Waals surface area contributed by atoms with Gasteiger partial charge in [-0.1, -0.05) is 58.5 Å². The van der Waals surface area contributed by atoms with Crippen LogP contribution < -0.4 is 0 Å². The van der Waals surface area contributed by atoms with Crippen LogP contribution in [0.15, 0.2) is 30.8 Å². The van der Waals surface area contributed by atoms with Gasteiger partial charge in [0.2, 0.25) is 0 Å². The van der Waals surface area contributed by atoms with E-state index >= 15 is 0 Å². The molecule has 0 heterocycles. The molecule has 1 rings (SSSR count). The number of rotatable bonds is 7. The molecule has 0 spiro atoms. The van der Waals surface area contributed by atoms with E-state index in [4.69, 9.17) is 4.74 Å². The standard InChI is InChI=1S/C19H28O2/c1-7-14(2)21-15(3)16-8-10-17(11-9-16)18(20)12-13-19(4,5)6/h8-11,14H,3,7,12-13H2,1-2,4-6H3. The molecule has 0 amide bonds. The largest absolute Gasteiger partial charge is 0.491 e. The maximum atomic E-state index is 12.1.